The molecule has 1 aromatic carbocycles. The average Bonchev–Trinajstić information content (AvgIpc) is 3.12. The minimum atomic E-state index is 0.426. The monoisotopic (exact) mass is 319 g/mol. The maximum atomic E-state index is 10.4. The number of rotatable bonds is 4. The first-order valence-corrected chi connectivity index (χ1v) is 8.29. The second-order valence-electron chi connectivity index (χ2n) is 4.73. The smallest absolute Gasteiger partial charge is 0.153 e. The summed E-state index contributed by atoms with van der Waals surface area (Å²) in [7, 11) is 0. The van der Waals surface area contributed by atoms with Gasteiger partial charge in [-0.15, -0.1) is 0 Å². The summed E-state index contributed by atoms with van der Waals surface area (Å²) >= 11 is 1.74. The van der Waals surface area contributed by atoms with Gasteiger partial charge in [0.1, 0.15) is 5.75 Å². The molecule has 118 valence electrons. The zero-order valence-electron chi connectivity index (χ0n) is 12.7. The number of thiophene rings is 1. The average molecular weight is 319 g/mol. The Labute approximate surface area is 135 Å². The lowest BCUT2D eigenvalue weighted by molar-refractivity contribution is 0.0770. The van der Waals surface area contributed by atoms with Crippen molar-refractivity contribution in [3.63, 3.8) is 0 Å². The Morgan fingerprint density at radius 3 is 2.91 bits per heavy atom. The van der Waals surface area contributed by atoms with E-state index >= 15 is 0 Å². The summed E-state index contributed by atoms with van der Waals surface area (Å²) in [6.45, 7) is 5.12. The molecule has 1 N–H and O–H groups in total. The summed E-state index contributed by atoms with van der Waals surface area (Å²) in [5.41, 5.74) is 1.96. The number of hydrogen-bond donors (Lipinski definition) is 1. The Bertz CT molecular complexity index is 551. The molecule has 3 rings (SSSR count). The predicted molar refractivity (Wildman–Crippen MR) is 88.9 cm³/mol. The molecule has 0 bridgehead atoms. The minimum Gasteiger partial charge on any atom is -0.493 e. The molecule has 1 saturated heterocycles. The molecule has 2 heterocycles. The lowest BCUT2D eigenvalue weighted by Gasteiger charge is -2.22. The predicted octanol–water partition coefficient (Wildman–Crippen LogP) is 3.31. The quantitative estimate of drug-likeness (QED) is 0.878. The SMILES string of the molecule is CCOc1ccccc1C=O.c1cc(C2COCCN2)cs1. The molecule has 1 fully saturated rings. The lowest BCUT2D eigenvalue weighted by Crippen LogP contribution is -2.34. The van der Waals surface area contributed by atoms with Crippen LogP contribution in [0.3, 0.4) is 0 Å². The largest absolute Gasteiger partial charge is 0.493 e. The van der Waals surface area contributed by atoms with Gasteiger partial charge < -0.3 is 14.8 Å². The van der Waals surface area contributed by atoms with Gasteiger partial charge in [0.2, 0.25) is 0 Å². The highest BCUT2D eigenvalue weighted by atomic mass is 32.1. The highest BCUT2D eigenvalue weighted by molar-refractivity contribution is 7.07. The molecule has 1 atom stereocenters. The van der Waals surface area contributed by atoms with E-state index in [2.05, 4.69) is 22.1 Å². The molecule has 1 unspecified atom stereocenters. The second-order valence-corrected chi connectivity index (χ2v) is 5.51. The van der Waals surface area contributed by atoms with Crippen molar-refractivity contribution in [2.24, 2.45) is 0 Å². The van der Waals surface area contributed by atoms with Gasteiger partial charge in [0.05, 0.1) is 31.4 Å². The van der Waals surface area contributed by atoms with Crippen LogP contribution in [0.15, 0.2) is 41.1 Å². The van der Waals surface area contributed by atoms with Crippen molar-refractivity contribution >= 4 is 17.6 Å². The van der Waals surface area contributed by atoms with Crippen molar-refractivity contribution in [1.29, 1.82) is 0 Å². The summed E-state index contributed by atoms with van der Waals surface area (Å²) in [5, 5.41) is 7.68. The van der Waals surface area contributed by atoms with E-state index in [4.69, 9.17) is 9.47 Å². The fourth-order valence-corrected chi connectivity index (χ4v) is 2.83. The third kappa shape index (κ3) is 4.94. The van der Waals surface area contributed by atoms with Crippen LogP contribution < -0.4 is 10.1 Å². The summed E-state index contributed by atoms with van der Waals surface area (Å²) in [6, 6.07) is 9.75. The number of carbonyl (C=O) groups is 1. The number of morpholine rings is 1. The molecule has 1 aliphatic rings. The van der Waals surface area contributed by atoms with Crippen LogP contribution in [0.1, 0.15) is 28.9 Å². The molecule has 5 heteroatoms. The fourth-order valence-electron chi connectivity index (χ4n) is 2.12. The van der Waals surface area contributed by atoms with Crippen LogP contribution in [0.4, 0.5) is 0 Å². The maximum Gasteiger partial charge on any atom is 0.153 e. The van der Waals surface area contributed by atoms with Crippen LogP contribution >= 0.6 is 11.3 Å². The van der Waals surface area contributed by atoms with E-state index < -0.39 is 0 Å². The third-order valence-corrected chi connectivity index (χ3v) is 3.91. The Balaban J connectivity index is 0.000000160. The zero-order valence-corrected chi connectivity index (χ0v) is 13.5. The van der Waals surface area contributed by atoms with Crippen molar-refractivity contribution < 1.29 is 14.3 Å². The van der Waals surface area contributed by atoms with Crippen molar-refractivity contribution in [2.45, 2.75) is 13.0 Å². The molecule has 2 aromatic rings. The number of benzene rings is 1. The highest BCUT2D eigenvalue weighted by Crippen LogP contribution is 2.18. The van der Waals surface area contributed by atoms with E-state index in [-0.39, 0.29) is 0 Å². The molecule has 22 heavy (non-hydrogen) atoms. The minimum absolute atomic E-state index is 0.426. The van der Waals surface area contributed by atoms with Gasteiger partial charge in [0.25, 0.3) is 0 Å². The normalized spacial score (nSPS) is 17.2. The van der Waals surface area contributed by atoms with Crippen molar-refractivity contribution in [3.8, 4) is 5.75 Å². The number of para-hydroxylation sites is 1. The van der Waals surface area contributed by atoms with Crippen LogP contribution in [0.25, 0.3) is 0 Å². The van der Waals surface area contributed by atoms with Gasteiger partial charge in [0.15, 0.2) is 6.29 Å². The molecular formula is C17H21NO3S. The topological polar surface area (TPSA) is 47.6 Å². The van der Waals surface area contributed by atoms with Crippen LogP contribution in [0.2, 0.25) is 0 Å². The van der Waals surface area contributed by atoms with E-state index in [1.54, 1.807) is 23.5 Å². The molecule has 0 radical (unpaired) electrons. The molecule has 0 amide bonds. The zero-order chi connectivity index (χ0) is 15.6. The first kappa shape index (κ1) is 16.7. The molecule has 1 aliphatic heterocycles. The van der Waals surface area contributed by atoms with E-state index in [0.717, 1.165) is 26.0 Å². The Morgan fingerprint density at radius 2 is 2.27 bits per heavy atom. The molecule has 1 aromatic heterocycles. The Kier molecular flexibility index (Phi) is 7.09. The maximum absolute atomic E-state index is 10.4. The number of nitrogens with one attached hydrogen (secondary N) is 1. The molecular weight excluding hydrogens is 298 g/mol. The second kappa shape index (κ2) is 9.35. The van der Waals surface area contributed by atoms with Gasteiger partial charge in [-0.25, -0.2) is 0 Å². The summed E-state index contributed by atoms with van der Waals surface area (Å²) in [4.78, 5) is 10.4. The number of ether oxygens (including phenoxy) is 2. The van der Waals surface area contributed by atoms with Gasteiger partial charge in [-0.1, -0.05) is 12.1 Å². The van der Waals surface area contributed by atoms with Crippen molar-refractivity contribution in [1.82, 2.24) is 5.32 Å². The first-order valence-electron chi connectivity index (χ1n) is 7.35. The number of carbonyl (C=O) groups excluding carboxylic acids is 1. The van der Waals surface area contributed by atoms with Crippen LogP contribution in [-0.2, 0) is 4.74 Å². The van der Waals surface area contributed by atoms with Crippen LogP contribution in [0.5, 0.6) is 5.75 Å². The fraction of sp³-hybridized carbons (Fsp3) is 0.353. The number of aldehydes is 1. The van der Waals surface area contributed by atoms with Gasteiger partial charge in [-0.2, -0.15) is 11.3 Å². The van der Waals surface area contributed by atoms with Gasteiger partial charge in [-0.3, -0.25) is 4.79 Å². The molecule has 4 nitrogen and oxygen atoms in total. The van der Waals surface area contributed by atoms with Crippen LogP contribution in [-0.4, -0.2) is 32.7 Å². The number of hydrogen-bond acceptors (Lipinski definition) is 5. The summed E-state index contributed by atoms with van der Waals surface area (Å²) in [6.07, 6.45) is 0.797. The Morgan fingerprint density at radius 1 is 1.41 bits per heavy atom. The van der Waals surface area contributed by atoms with E-state index in [9.17, 15) is 4.79 Å². The van der Waals surface area contributed by atoms with Gasteiger partial charge >= 0.3 is 0 Å². The molecule has 0 spiro atoms. The van der Waals surface area contributed by atoms with E-state index in [0.29, 0.717) is 24.0 Å². The van der Waals surface area contributed by atoms with E-state index in [1.165, 1.54) is 5.56 Å². The standard InChI is InChI=1S/C9H10O2.C8H11NOS/c1-2-11-9-6-4-3-5-8(9)7-10;1-4-11-6-7(1)8-5-10-3-2-9-8/h3-7H,2H2,1H3;1,4,6,8-9H,2-3,5H2. The van der Waals surface area contributed by atoms with E-state index in [1.807, 2.05) is 19.1 Å². The summed E-state index contributed by atoms with van der Waals surface area (Å²) in [5.74, 6) is 0.657. The van der Waals surface area contributed by atoms with Gasteiger partial charge in [-0.05, 0) is 41.4 Å². The molecule has 0 saturated carbocycles. The molecule has 0 aliphatic carbocycles. The first-order chi connectivity index (χ1) is 10.8. The Hall–Kier alpha value is -1.69. The lowest BCUT2D eigenvalue weighted by atomic mass is 10.1. The highest BCUT2D eigenvalue weighted by Gasteiger charge is 2.14. The third-order valence-electron chi connectivity index (χ3n) is 3.21. The van der Waals surface area contributed by atoms with Crippen molar-refractivity contribution in [3.05, 3.63) is 52.2 Å². The van der Waals surface area contributed by atoms with Gasteiger partial charge in [0, 0.05) is 6.54 Å². The summed E-state index contributed by atoms with van der Waals surface area (Å²) < 4.78 is 10.5. The van der Waals surface area contributed by atoms with Crippen molar-refractivity contribution in [2.75, 3.05) is 26.4 Å². The van der Waals surface area contributed by atoms with Crippen LogP contribution in [0, 0.1) is 0 Å².